The van der Waals surface area contributed by atoms with E-state index in [4.69, 9.17) is 11.7 Å². The van der Waals surface area contributed by atoms with Crippen LogP contribution in [0.25, 0.3) is 0 Å². The standard InChI is InChI=1S/C11H14N2O/c1-4-5-13(3)10(14)11(8-12)6-9(2)7-11/h1,9H,5-7H2,2-3H3. The molecule has 1 fully saturated rings. The molecule has 0 aromatic rings. The second-order valence-electron chi connectivity index (χ2n) is 4.07. The fraction of sp³-hybridized carbons (Fsp3) is 0.636. The average molecular weight is 190 g/mol. The van der Waals surface area contributed by atoms with Crippen LogP contribution in [0.4, 0.5) is 0 Å². The monoisotopic (exact) mass is 190 g/mol. The second-order valence-corrected chi connectivity index (χ2v) is 4.07. The lowest BCUT2D eigenvalue weighted by Crippen LogP contribution is -2.48. The molecule has 74 valence electrons. The molecule has 1 amide bonds. The van der Waals surface area contributed by atoms with E-state index in [2.05, 4.69) is 12.0 Å². The van der Waals surface area contributed by atoms with Crippen molar-refractivity contribution in [1.29, 1.82) is 5.26 Å². The van der Waals surface area contributed by atoms with Crippen LogP contribution in [0.1, 0.15) is 19.8 Å². The van der Waals surface area contributed by atoms with Gasteiger partial charge in [-0.2, -0.15) is 5.26 Å². The summed E-state index contributed by atoms with van der Waals surface area (Å²) in [6.45, 7) is 2.32. The van der Waals surface area contributed by atoms with Crippen LogP contribution in [0.5, 0.6) is 0 Å². The molecule has 0 radical (unpaired) electrons. The maximum absolute atomic E-state index is 11.8. The number of nitrogens with zero attached hydrogens (tertiary/aromatic N) is 2. The molecule has 14 heavy (non-hydrogen) atoms. The van der Waals surface area contributed by atoms with E-state index in [0.717, 1.165) is 0 Å². The van der Waals surface area contributed by atoms with Crippen LogP contribution >= 0.6 is 0 Å². The van der Waals surface area contributed by atoms with Gasteiger partial charge in [0.2, 0.25) is 5.91 Å². The maximum atomic E-state index is 11.8. The third kappa shape index (κ3) is 1.59. The molecule has 0 atom stereocenters. The summed E-state index contributed by atoms with van der Waals surface area (Å²) in [6.07, 6.45) is 6.44. The SMILES string of the molecule is C#CCN(C)C(=O)C1(C#N)CC(C)C1. The van der Waals surface area contributed by atoms with Crippen LogP contribution in [0, 0.1) is 35.0 Å². The molecule has 0 aromatic heterocycles. The molecule has 0 saturated heterocycles. The fourth-order valence-corrected chi connectivity index (χ4v) is 2.02. The van der Waals surface area contributed by atoms with E-state index >= 15 is 0 Å². The Morgan fingerprint density at radius 2 is 2.29 bits per heavy atom. The van der Waals surface area contributed by atoms with E-state index in [9.17, 15) is 4.79 Å². The molecule has 0 aromatic carbocycles. The van der Waals surface area contributed by atoms with Crippen molar-refractivity contribution in [2.75, 3.05) is 13.6 Å². The highest BCUT2D eigenvalue weighted by Crippen LogP contribution is 2.45. The number of terminal acetylenes is 1. The average Bonchev–Trinajstić information content (AvgIpc) is 2.12. The van der Waals surface area contributed by atoms with Gasteiger partial charge in [0.25, 0.3) is 0 Å². The fourth-order valence-electron chi connectivity index (χ4n) is 2.02. The molecule has 1 aliphatic rings. The summed E-state index contributed by atoms with van der Waals surface area (Å²) in [5.74, 6) is 2.74. The van der Waals surface area contributed by atoms with Crippen molar-refractivity contribution < 1.29 is 4.79 Å². The number of hydrogen-bond donors (Lipinski definition) is 0. The summed E-state index contributed by atoms with van der Waals surface area (Å²) >= 11 is 0. The molecule has 0 heterocycles. The quantitative estimate of drug-likeness (QED) is 0.610. The van der Waals surface area contributed by atoms with Crippen LogP contribution in [0.15, 0.2) is 0 Å². The van der Waals surface area contributed by atoms with Gasteiger partial charge in [0.15, 0.2) is 0 Å². The number of nitriles is 1. The lowest BCUT2D eigenvalue weighted by molar-refractivity contribution is -0.143. The van der Waals surface area contributed by atoms with Crippen molar-refractivity contribution in [3.63, 3.8) is 0 Å². The van der Waals surface area contributed by atoms with Crippen molar-refractivity contribution in [2.24, 2.45) is 11.3 Å². The largest absolute Gasteiger partial charge is 0.333 e. The number of amides is 1. The van der Waals surface area contributed by atoms with E-state index in [-0.39, 0.29) is 12.5 Å². The van der Waals surface area contributed by atoms with Gasteiger partial charge in [-0.3, -0.25) is 4.79 Å². The van der Waals surface area contributed by atoms with Gasteiger partial charge < -0.3 is 4.90 Å². The minimum absolute atomic E-state index is 0.129. The predicted octanol–water partition coefficient (Wildman–Crippen LogP) is 1.02. The molecule has 0 unspecified atom stereocenters. The van der Waals surface area contributed by atoms with Gasteiger partial charge in [-0.1, -0.05) is 12.8 Å². The summed E-state index contributed by atoms with van der Waals surface area (Å²) in [5, 5.41) is 8.99. The molecular weight excluding hydrogens is 176 g/mol. The zero-order valence-electron chi connectivity index (χ0n) is 8.58. The summed E-state index contributed by atoms with van der Waals surface area (Å²) in [7, 11) is 1.64. The summed E-state index contributed by atoms with van der Waals surface area (Å²) < 4.78 is 0. The minimum Gasteiger partial charge on any atom is -0.333 e. The Hall–Kier alpha value is -1.48. The van der Waals surface area contributed by atoms with E-state index < -0.39 is 5.41 Å². The highest BCUT2D eigenvalue weighted by atomic mass is 16.2. The maximum Gasteiger partial charge on any atom is 0.243 e. The molecule has 0 aliphatic heterocycles. The van der Waals surface area contributed by atoms with Crippen LogP contribution in [0.3, 0.4) is 0 Å². The Kier molecular flexibility index (Phi) is 2.81. The lowest BCUT2D eigenvalue weighted by atomic mass is 9.63. The summed E-state index contributed by atoms with van der Waals surface area (Å²) in [5.41, 5.74) is -0.787. The number of carbonyl (C=O) groups is 1. The van der Waals surface area contributed by atoms with Crippen LogP contribution in [-0.4, -0.2) is 24.4 Å². The molecule has 1 saturated carbocycles. The van der Waals surface area contributed by atoms with Crippen molar-refractivity contribution in [3.05, 3.63) is 0 Å². The van der Waals surface area contributed by atoms with E-state index in [1.54, 1.807) is 7.05 Å². The van der Waals surface area contributed by atoms with Gasteiger partial charge in [-0.15, -0.1) is 6.42 Å². The van der Waals surface area contributed by atoms with Crippen molar-refractivity contribution in [3.8, 4) is 18.4 Å². The van der Waals surface area contributed by atoms with Gasteiger partial charge in [-0.25, -0.2) is 0 Å². The normalized spacial score (nSPS) is 29.6. The van der Waals surface area contributed by atoms with Gasteiger partial charge in [-0.05, 0) is 18.8 Å². The number of rotatable bonds is 2. The molecule has 0 N–H and O–H groups in total. The molecule has 1 rings (SSSR count). The van der Waals surface area contributed by atoms with Gasteiger partial charge in [0.05, 0.1) is 12.6 Å². The van der Waals surface area contributed by atoms with Gasteiger partial charge in [0, 0.05) is 7.05 Å². The zero-order chi connectivity index (χ0) is 10.8. The third-order valence-corrected chi connectivity index (χ3v) is 2.69. The smallest absolute Gasteiger partial charge is 0.243 e. The zero-order valence-corrected chi connectivity index (χ0v) is 8.58. The number of carbonyl (C=O) groups excluding carboxylic acids is 1. The lowest BCUT2D eigenvalue weighted by Gasteiger charge is -2.41. The highest BCUT2D eigenvalue weighted by molar-refractivity contribution is 5.86. The summed E-state index contributed by atoms with van der Waals surface area (Å²) in [6, 6.07) is 2.12. The van der Waals surface area contributed by atoms with E-state index in [1.807, 2.05) is 6.92 Å². The van der Waals surface area contributed by atoms with Crippen LogP contribution < -0.4 is 0 Å². The van der Waals surface area contributed by atoms with Crippen LogP contribution in [-0.2, 0) is 4.79 Å². The first kappa shape index (κ1) is 10.6. The molecule has 0 spiro atoms. The van der Waals surface area contributed by atoms with Crippen molar-refractivity contribution >= 4 is 5.91 Å². The predicted molar refractivity (Wildman–Crippen MR) is 52.9 cm³/mol. The van der Waals surface area contributed by atoms with E-state index in [1.165, 1.54) is 4.90 Å². The van der Waals surface area contributed by atoms with Crippen molar-refractivity contribution in [1.82, 2.24) is 4.90 Å². The molecule has 1 aliphatic carbocycles. The molecule has 3 nitrogen and oxygen atoms in total. The Morgan fingerprint density at radius 1 is 1.71 bits per heavy atom. The first-order valence-electron chi connectivity index (χ1n) is 4.66. The Labute approximate surface area is 84.7 Å². The molecular formula is C11H14N2O. The first-order valence-corrected chi connectivity index (χ1v) is 4.66. The first-order chi connectivity index (χ1) is 6.55. The molecule has 0 bridgehead atoms. The second kappa shape index (κ2) is 3.72. The Bertz CT molecular complexity index is 315. The van der Waals surface area contributed by atoms with E-state index in [0.29, 0.717) is 18.8 Å². The topological polar surface area (TPSA) is 44.1 Å². The van der Waals surface area contributed by atoms with Crippen LogP contribution in [0.2, 0.25) is 0 Å². The van der Waals surface area contributed by atoms with Crippen molar-refractivity contribution in [2.45, 2.75) is 19.8 Å². The van der Waals surface area contributed by atoms with Gasteiger partial charge in [0.1, 0.15) is 5.41 Å². The highest BCUT2D eigenvalue weighted by Gasteiger charge is 2.49. The van der Waals surface area contributed by atoms with Gasteiger partial charge >= 0.3 is 0 Å². The summed E-state index contributed by atoms with van der Waals surface area (Å²) in [4.78, 5) is 13.3. The minimum atomic E-state index is -0.787. The molecule has 3 heteroatoms. The Morgan fingerprint density at radius 3 is 2.64 bits per heavy atom. The Balaban J connectivity index is 2.69. The number of hydrogen-bond acceptors (Lipinski definition) is 2. The third-order valence-electron chi connectivity index (χ3n) is 2.69.